The highest BCUT2D eigenvalue weighted by Crippen LogP contribution is 2.30. The molecule has 0 aliphatic carbocycles. The van der Waals surface area contributed by atoms with Gasteiger partial charge in [-0.15, -0.1) is 0 Å². The lowest BCUT2D eigenvalue weighted by Gasteiger charge is -2.34. The van der Waals surface area contributed by atoms with E-state index in [0.29, 0.717) is 19.4 Å². The molecule has 132 valence electrons. The molecule has 0 radical (unpaired) electrons. The summed E-state index contributed by atoms with van der Waals surface area (Å²) >= 11 is 0. The smallest absolute Gasteiger partial charge is 0.410 e. The van der Waals surface area contributed by atoms with Gasteiger partial charge >= 0.3 is 11.8 Å². The van der Waals surface area contributed by atoms with Crippen LogP contribution in [0.15, 0.2) is 18.2 Å². The number of nitrogens with zero attached hydrogens (tertiary/aromatic N) is 2. The van der Waals surface area contributed by atoms with Gasteiger partial charge in [0, 0.05) is 18.7 Å². The van der Waals surface area contributed by atoms with Gasteiger partial charge in [-0.2, -0.15) is 0 Å². The topological polar surface area (TPSA) is 81.9 Å². The first-order valence-corrected chi connectivity index (χ1v) is 7.74. The fourth-order valence-corrected chi connectivity index (χ4v) is 2.44. The number of nitro groups is 1. The third kappa shape index (κ3) is 4.81. The normalized spacial score (nSPS) is 18.2. The molecule has 1 aromatic rings. The molecule has 7 nitrogen and oxygen atoms in total. The summed E-state index contributed by atoms with van der Waals surface area (Å²) in [5.41, 5.74) is -0.905. The summed E-state index contributed by atoms with van der Waals surface area (Å²) in [5, 5.41) is 11.0. The molecule has 24 heavy (non-hydrogen) atoms. The quantitative estimate of drug-likeness (QED) is 0.621. The molecule has 0 saturated carbocycles. The van der Waals surface area contributed by atoms with Crippen molar-refractivity contribution in [2.75, 3.05) is 13.1 Å². The van der Waals surface area contributed by atoms with E-state index >= 15 is 0 Å². The van der Waals surface area contributed by atoms with Crippen molar-refractivity contribution in [1.29, 1.82) is 0 Å². The van der Waals surface area contributed by atoms with Gasteiger partial charge in [0.1, 0.15) is 17.5 Å². The maximum atomic E-state index is 13.4. The van der Waals surface area contributed by atoms with E-state index in [1.54, 1.807) is 20.8 Å². The first kappa shape index (κ1) is 18.0. The molecule has 1 atom stereocenters. The zero-order chi connectivity index (χ0) is 17.9. The molecule has 1 aliphatic heterocycles. The van der Waals surface area contributed by atoms with Crippen molar-refractivity contribution >= 4 is 11.8 Å². The van der Waals surface area contributed by atoms with E-state index in [-0.39, 0.29) is 18.0 Å². The van der Waals surface area contributed by atoms with Crippen LogP contribution in [0.1, 0.15) is 33.6 Å². The highest BCUT2D eigenvalue weighted by atomic mass is 19.1. The molecular formula is C16H21FN2O5. The maximum absolute atomic E-state index is 13.4. The van der Waals surface area contributed by atoms with Gasteiger partial charge in [0.05, 0.1) is 11.5 Å². The highest BCUT2D eigenvalue weighted by molar-refractivity contribution is 5.68. The minimum Gasteiger partial charge on any atom is -0.482 e. The van der Waals surface area contributed by atoms with Crippen LogP contribution in [0.4, 0.5) is 14.9 Å². The Balaban J connectivity index is 2.07. The van der Waals surface area contributed by atoms with Crippen LogP contribution in [-0.2, 0) is 4.74 Å². The number of ether oxygens (including phenoxy) is 2. The van der Waals surface area contributed by atoms with Crippen LogP contribution in [0.5, 0.6) is 5.75 Å². The van der Waals surface area contributed by atoms with Crippen LogP contribution in [0.2, 0.25) is 0 Å². The number of hydrogen-bond donors (Lipinski definition) is 0. The van der Waals surface area contributed by atoms with Crippen molar-refractivity contribution in [3.8, 4) is 5.75 Å². The number of rotatable bonds is 3. The summed E-state index contributed by atoms with van der Waals surface area (Å²) < 4.78 is 24.3. The second kappa shape index (κ2) is 7.02. The van der Waals surface area contributed by atoms with Gasteiger partial charge in [-0.05, 0) is 39.7 Å². The van der Waals surface area contributed by atoms with E-state index in [2.05, 4.69) is 0 Å². The van der Waals surface area contributed by atoms with E-state index in [0.717, 1.165) is 18.2 Å². The molecule has 0 bridgehead atoms. The third-order valence-corrected chi connectivity index (χ3v) is 3.44. The van der Waals surface area contributed by atoms with E-state index in [1.807, 2.05) is 0 Å². The van der Waals surface area contributed by atoms with E-state index in [9.17, 15) is 19.3 Å². The number of hydrogen-bond acceptors (Lipinski definition) is 5. The number of likely N-dealkylation sites (tertiary alicyclic amines) is 1. The third-order valence-electron chi connectivity index (χ3n) is 3.44. The Labute approximate surface area is 139 Å². The number of piperidine rings is 1. The molecule has 2 rings (SSSR count). The number of benzene rings is 1. The number of carbonyl (C=O) groups excluding carboxylic acids is 1. The molecule has 0 aromatic heterocycles. The summed E-state index contributed by atoms with van der Waals surface area (Å²) in [6, 6.07) is 3.07. The zero-order valence-electron chi connectivity index (χ0n) is 14.0. The number of amides is 1. The van der Waals surface area contributed by atoms with Gasteiger partial charge in [0.25, 0.3) is 0 Å². The van der Waals surface area contributed by atoms with Crippen LogP contribution in [0.3, 0.4) is 0 Å². The van der Waals surface area contributed by atoms with Crippen LogP contribution in [0, 0.1) is 15.9 Å². The summed E-state index contributed by atoms with van der Waals surface area (Å²) in [6.07, 6.45) is 0.385. The first-order valence-electron chi connectivity index (χ1n) is 7.74. The number of carbonyl (C=O) groups is 1. The molecule has 1 heterocycles. The highest BCUT2D eigenvalue weighted by Gasteiger charge is 2.30. The molecular weight excluding hydrogens is 319 g/mol. The van der Waals surface area contributed by atoms with Crippen molar-refractivity contribution in [3.63, 3.8) is 0 Å². The largest absolute Gasteiger partial charge is 0.482 e. The van der Waals surface area contributed by atoms with Crippen molar-refractivity contribution in [3.05, 3.63) is 34.1 Å². The average molecular weight is 340 g/mol. The standard InChI is InChI=1S/C16H21FN2O5/c1-16(2,3)24-15(20)18-8-4-5-12(10-18)23-14-9-11(17)6-7-13(14)19(21)22/h6-7,9,12H,4-5,8,10H2,1-3H3. The molecule has 1 unspecified atom stereocenters. The molecule has 8 heteroatoms. The van der Waals surface area contributed by atoms with Gasteiger partial charge in [-0.25, -0.2) is 9.18 Å². The first-order chi connectivity index (χ1) is 11.2. The fourth-order valence-electron chi connectivity index (χ4n) is 2.44. The monoisotopic (exact) mass is 340 g/mol. The lowest BCUT2D eigenvalue weighted by Crippen LogP contribution is -2.46. The Morgan fingerprint density at radius 3 is 2.75 bits per heavy atom. The second-order valence-corrected chi connectivity index (χ2v) is 6.68. The van der Waals surface area contributed by atoms with E-state index in [4.69, 9.17) is 9.47 Å². The van der Waals surface area contributed by atoms with E-state index in [1.165, 1.54) is 4.90 Å². The summed E-state index contributed by atoms with van der Waals surface area (Å²) in [6.45, 7) is 6.10. The fraction of sp³-hybridized carbons (Fsp3) is 0.562. The van der Waals surface area contributed by atoms with Crippen LogP contribution < -0.4 is 4.74 Å². The van der Waals surface area contributed by atoms with Gasteiger partial charge in [0.2, 0.25) is 0 Å². The molecule has 0 N–H and O–H groups in total. The molecule has 1 fully saturated rings. The lowest BCUT2D eigenvalue weighted by atomic mass is 10.1. The molecule has 0 spiro atoms. The Bertz CT molecular complexity index is 629. The summed E-state index contributed by atoms with van der Waals surface area (Å²) in [4.78, 5) is 24.0. The number of halogens is 1. The van der Waals surface area contributed by atoms with Gasteiger partial charge in [0.15, 0.2) is 5.75 Å². The Kier molecular flexibility index (Phi) is 5.26. The van der Waals surface area contributed by atoms with Crippen molar-refractivity contribution in [2.45, 2.75) is 45.3 Å². The second-order valence-electron chi connectivity index (χ2n) is 6.68. The van der Waals surface area contributed by atoms with Crippen LogP contribution in [-0.4, -0.2) is 40.7 Å². The minimum atomic E-state index is -0.622. The minimum absolute atomic E-state index is 0.129. The van der Waals surface area contributed by atoms with Crippen molar-refractivity contribution < 1.29 is 23.6 Å². The molecule has 1 aliphatic rings. The van der Waals surface area contributed by atoms with Gasteiger partial charge < -0.3 is 14.4 Å². The predicted octanol–water partition coefficient (Wildman–Crippen LogP) is 3.51. The molecule has 1 saturated heterocycles. The van der Waals surface area contributed by atoms with Crippen LogP contribution in [0.25, 0.3) is 0 Å². The predicted molar refractivity (Wildman–Crippen MR) is 84.5 cm³/mol. The van der Waals surface area contributed by atoms with Crippen molar-refractivity contribution in [1.82, 2.24) is 4.90 Å². The summed E-state index contributed by atoms with van der Waals surface area (Å²) in [5.74, 6) is -0.744. The maximum Gasteiger partial charge on any atom is 0.410 e. The lowest BCUT2D eigenvalue weighted by molar-refractivity contribution is -0.386. The molecule has 1 aromatic carbocycles. The van der Waals surface area contributed by atoms with Gasteiger partial charge in [-0.1, -0.05) is 0 Å². The number of nitro benzene ring substituents is 1. The Morgan fingerprint density at radius 2 is 2.12 bits per heavy atom. The Morgan fingerprint density at radius 1 is 1.42 bits per heavy atom. The zero-order valence-corrected chi connectivity index (χ0v) is 14.0. The van der Waals surface area contributed by atoms with E-state index < -0.39 is 28.5 Å². The van der Waals surface area contributed by atoms with Crippen molar-refractivity contribution in [2.24, 2.45) is 0 Å². The molecule has 1 amide bonds. The SMILES string of the molecule is CC(C)(C)OC(=O)N1CCCC(Oc2cc(F)ccc2[N+](=O)[O-])C1. The Hall–Kier alpha value is -2.38. The van der Waals surface area contributed by atoms with Gasteiger partial charge in [-0.3, -0.25) is 10.1 Å². The average Bonchev–Trinajstić information content (AvgIpc) is 2.45. The van der Waals surface area contributed by atoms with Crippen LogP contribution >= 0.6 is 0 Å². The summed E-state index contributed by atoms with van der Waals surface area (Å²) in [7, 11) is 0.